The molecule has 1 aliphatic heterocycles. The summed E-state index contributed by atoms with van der Waals surface area (Å²) in [5.74, 6) is -1.02. The van der Waals surface area contributed by atoms with E-state index in [9.17, 15) is 19.2 Å². The van der Waals surface area contributed by atoms with Crippen molar-refractivity contribution in [3.63, 3.8) is 0 Å². The average Bonchev–Trinajstić information content (AvgIpc) is 2.66. The van der Waals surface area contributed by atoms with E-state index in [4.69, 9.17) is 4.74 Å². The van der Waals surface area contributed by atoms with Gasteiger partial charge < -0.3 is 15.4 Å². The second-order valence-electron chi connectivity index (χ2n) is 5.81. The summed E-state index contributed by atoms with van der Waals surface area (Å²) in [6.45, 7) is 1.00. The number of carbonyl (C=O) groups is 4. The molecule has 8 heteroatoms. The lowest BCUT2D eigenvalue weighted by atomic mass is 10.1. The minimum absolute atomic E-state index is 0.0681. The molecule has 2 aromatic carbocycles. The molecule has 2 aromatic rings. The van der Waals surface area contributed by atoms with Crippen LogP contribution in [0, 0.1) is 0 Å². The minimum Gasteiger partial charge on any atom is -0.452 e. The van der Waals surface area contributed by atoms with Crippen LogP contribution in [0.15, 0.2) is 47.4 Å². The van der Waals surface area contributed by atoms with Crippen LogP contribution in [0.1, 0.15) is 27.6 Å². The molecule has 0 atom stereocenters. The summed E-state index contributed by atoms with van der Waals surface area (Å²) in [4.78, 5) is 47.6. The summed E-state index contributed by atoms with van der Waals surface area (Å²) in [5, 5.41) is 5.28. The first-order chi connectivity index (χ1) is 12.9. The molecule has 2 amide bonds. The van der Waals surface area contributed by atoms with Crippen molar-refractivity contribution in [3.05, 3.63) is 53.6 Å². The quantitative estimate of drug-likeness (QED) is 0.607. The van der Waals surface area contributed by atoms with Gasteiger partial charge in [-0.2, -0.15) is 0 Å². The molecule has 0 fully saturated rings. The lowest BCUT2D eigenvalue weighted by Gasteiger charge is -2.16. The van der Waals surface area contributed by atoms with E-state index in [-0.39, 0.29) is 17.3 Å². The van der Waals surface area contributed by atoms with Crippen LogP contribution in [0.4, 0.5) is 11.4 Å². The van der Waals surface area contributed by atoms with Gasteiger partial charge in [0.25, 0.3) is 5.91 Å². The van der Waals surface area contributed by atoms with Gasteiger partial charge in [-0.3, -0.25) is 14.4 Å². The van der Waals surface area contributed by atoms with Crippen molar-refractivity contribution in [2.45, 2.75) is 11.8 Å². The van der Waals surface area contributed by atoms with Gasteiger partial charge in [-0.05, 0) is 49.4 Å². The van der Waals surface area contributed by atoms with Gasteiger partial charge in [-0.15, -0.1) is 11.8 Å². The topological polar surface area (TPSA) is 102 Å². The van der Waals surface area contributed by atoms with Crippen molar-refractivity contribution in [3.8, 4) is 0 Å². The summed E-state index contributed by atoms with van der Waals surface area (Å²) in [6.07, 6.45) is 0. The molecular weight excluding hydrogens is 368 g/mol. The number of Topliss-reactive ketones (excluding diaryl/α,β-unsaturated/α-hetero) is 1. The number of fused-ring (bicyclic) bond motifs is 1. The van der Waals surface area contributed by atoms with Gasteiger partial charge in [0.1, 0.15) is 0 Å². The molecule has 1 heterocycles. The Morgan fingerprint density at radius 2 is 1.81 bits per heavy atom. The van der Waals surface area contributed by atoms with E-state index < -0.39 is 18.5 Å². The van der Waals surface area contributed by atoms with Crippen LogP contribution in [0.2, 0.25) is 0 Å². The number of rotatable bonds is 5. The number of thioether (sulfide) groups is 1. The number of ketones is 1. The number of hydrogen-bond donors (Lipinski definition) is 2. The van der Waals surface area contributed by atoms with E-state index in [0.717, 1.165) is 4.90 Å². The highest BCUT2D eigenvalue weighted by atomic mass is 32.2. The molecule has 0 unspecified atom stereocenters. The summed E-state index contributed by atoms with van der Waals surface area (Å²) >= 11 is 1.39. The Hall–Kier alpha value is -3.13. The van der Waals surface area contributed by atoms with Crippen LogP contribution in [0.5, 0.6) is 0 Å². The number of benzene rings is 2. The Balaban J connectivity index is 1.55. The van der Waals surface area contributed by atoms with Crippen molar-refractivity contribution < 1.29 is 23.9 Å². The number of amides is 2. The molecule has 2 N–H and O–H groups in total. The Morgan fingerprint density at radius 3 is 2.52 bits per heavy atom. The highest BCUT2D eigenvalue weighted by Gasteiger charge is 2.18. The molecule has 3 rings (SSSR count). The zero-order valence-corrected chi connectivity index (χ0v) is 15.2. The van der Waals surface area contributed by atoms with Gasteiger partial charge in [0.15, 0.2) is 12.4 Å². The Labute approximate surface area is 159 Å². The maximum absolute atomic E-state index is 12.1. The summed E-state index contributed by atoms with van der Waals surface area (Å²) < 4.78 is 5.02. The van der Waals surface area contributed by atoms with Crippen molar-refractivity contribution >= 4 is 46.7 Å². The van der Waals surface area contributed by atoms with Crippen LogP contribution in [-0.4, -0.2) is 35.9 Å². The molecule has 27 heavy (non-hydrogen) atoms. The van der Waals surface area contributed by atoms with Crippen LogP contribution in [0.25, 0.3) is 0 Å². The van der Waals surface area contributed by atoms with Crippen LogP contribution in [-0.2, 0) is 14.3 Å². The van der Waals surface area contributed by atoms with Gasteiger partial charge >= 0.3 is 5.97 Å². The number of ether oxygens (including phenoxy) is 1. The van der Waals surface area contributed by atoms with Gasteiger partial charge in [0, 0.05) is 16.1 Å². The van der Waals surface area contributed by atoms with Crippen LogP contribution in [0.3, 0.4) is 0 Å². The first-order valence-electron chi connectivity index (χ1n) is 8.07. The third-order valence-corrected chi connectivity index (χ3v) is 4.83. The summed E-state index contributed by atoms with van der Waals surface area (Å²) in [7, 11) is 0. The zero-order chi connectivity index (χ0) is 19.4. The molecule has 0 aliphatic carbocycles. The van der Waals surface area contributed by atoms with Gasteiger partial charge in [-0.25, -0.2) is 4.79 Å². The predicted molar refractivity (Wildman–Crippen MR) is 101 cm³/mol. The molecule has 7 nitrogen and oxygen atoms in total. The molecule has 0 saturated heterocycles. The van der Waals surface area contributed by atoms with Gasteiger partial charge in [-0.1, -0.05) is 0 Å². The maximum Gasteiger partial charge on any atom is 0.338 e. The Kier molecular flexibility index (Phi) is 5.56. The number of hydrogen-bond acceptors (Lipinski definition) is 6. The standard InChI is InChI=1S/C19H16N2O5S/c1-11(22)12-2-5-14(6-3-12)20-17(23)9-26-19(25)13-4-7-16-15(8-13)21-18(24)10-27-16/h2-8H,9-10H2,1H3,(H,20,23)(H,21,24). The molecule has 1 aliphatic rings. The van der Waals surface area contributed by atoms with Crippen molar-refractivity contribution in [1.29, 1.82) is 0 Å². The van der Waals surface area contributed by atoms with Gasteiger partial charge in [0.2, 0.25) is 5.91 Å². The normalized spacial score (nSPS) is 12.6. The van der Waals surface area contributed by atoms with E-state index in [1.54, 1.807) is 36.4 Å². The fourth-order valence-corrected chi connectivity index (χ4v) is 3.20. The summed E-state index contributed by atoms with van der Waals surface area (Å²) in [5.41, 5.74) is 1.84. The van der Waals surface area contributed by atoms with Gasteiger partial charge in [0.05, 0.1) is 17.0 Å². The number of nitrogens with one attached hydrogen (secondary N) is 2. The van der Waals surface area contributed by atoms with Crippen LogP contribution >= 0.6 is 11.8 Å². The molecule has 0 saturated carbocycles. The number of carbonyl (C=O) groups excluding carboxylic acids is 4. The van der Waals surface area contributed by atoms with Crippen molar-refractivity contribution in [2.24, 2.45) is 0 Å². The smallest absolute Gasteiger partial charge is 0.338 e. The average molecular weight is 384 g/mol. The predicted octanol–water partition coefficient (Wildman–Crippen LogP) is 2.73. The Bertz CT molecular complexity index is 924. The van der Waals surface area contributed by atoms with E-state index in [1.807, 2.05) is 0 Å². The maximum atomic E-state index is 12.1. The molecule has 0 radical (unpaired) electrons. The fourth-order valence-electron chi connectivity index (χ4n) is 2.41. The Morgan fingerprint density at radius 1 is 1.11 bits per heavy atom. The first-order valence-corrected chi connectivity index (χ1v) is 9.05. The van der Waals surface area contributed by atoms with E-state index in [2.05, 4.69) is 10.6 Å². The lowest BCUT2D eigenvalue weighted by molar-refractivity contribution is -0.119. The highest BCUT2D eigenvalue weighted by molar-refractivity contribution is 8.00. The molecular formula is C19H16N2O5S. The molecule has 138 valence electrons. The zero-order valence-electron chi connectivity index (χ0n) is 14.4. The third kappa shape index (κ3) is 4.73. The lowest BCUT2D eigenvalue weighted by Crippen LogP contribution is -2.22. The van der Waals surface area contributed by atoms with E-state index >= 15 is 0 Å². The van der Waals surface area contributed by atoms with E-state index in [0.29, 0.717) is 22.7 Å². The third-order valence-electron chi connectivity index (χ3n) is 3.76. The van der Waals surface area contributed by atoms with Crippen molar-refractivity contribution in [2.75, 3.05) is 23.0 Å². The minimum atomic E-state index is -0.662. The van der Waals surface area contributed by atoms with Crippen molar-refractivity contribution in [1.82, 2.24) is 0 Å². The fraction of sp³-hybridized carbons (Fsp3) is 0.158. The highest BCUT2D eigenvalue weighted by Crippen LogP contribution is 2.32. The number of anilines is 2. The second-order valence-corrected chi connectivity index (χ2v) is 6.82. The molecule has 0 spiro atoms. The number of esters is 1. The largest absolute Gasteiger partial charge is 0.452 e. The summed E-state index contributed by atoms with van der Waals surface area (Å²) in [6, 6.07) is 11.2. The van der Waals surface area contributed by atoms with E-state index in [1.165, 1.54) is 24.8 Å². The molecule has 0 aromatic heterocycles. The first kappa shape index (κ1) is 18.7. The molecule has 0 bridgehead atoms. The second kappa shape index (κ2) is 8.05. The van der Waals surface area contributed by atoms with Crippen LogP contribution < -0.4 is 10.6 Å². The monoisotopic (exact) mass is 384 g/mol. The SMILES string of the molecule is CC(=O)c1ccc(NC(=O)COC(=O)c2ccc3c(c2)NC(=O)CS3)cc1.